The average molecular weight is 392 g/mol. The monoisotopic (exact) mass is 391 g/mol. The van der Waals surface area contributed by atoms with E-state index in [1.165, 1.54) is 6.07 Å². The summed E-state index contributed by atoms with van der Waals surface area (Å²) >= 11 is 7.55. The number of nitrogens with zero attached hydrogens (tertiary/aromatic N) is 1. The topological polar surface area (TPSA) is 86.4 Å². The summed E-state index contributed by atoms with van der Waals surface area (Å²) in [5, 5.41) is 16.7. The summed E-state index contributed by atoms with van der Waals surface area (Å²) in [6.45, 7) is 3.47. The molecule has 3 N–H and O–H groups in total. The van der Waals surface area contributed by atoms with Crippen molar-refractivity contribution in [1.29, 1.82) is 5.26 Å². The number of benzene rings is 1. The molecular formula is C18H20ClN4O2S+. The minimum absolute atomic E-state index is 0.0931. The number of thiophene rings is 1. The van der Waals surface area contributed by atoms with Crippen LogP contribution in [0.5, 0.6) is 0 Å². The molecule has 2 amide bonds. The summed E-state index contributed by atoms with van der Waals surface area (Å²) in [5.74, 6) is -0.307. The summed E-state index contributed by atoms with van der Waals surface area (Å²) in [6.07, 6.45) is 0. The van der Waals surface area contributed by atoms with Crippen molar-refractivity contribution >= 4 is 40.4 Å². The fourth-order valence-corrected chi connectivity index (χ4v) is 3.18. The molecular weight excluding hydrogens is 372 g/mol. The number of nitriles is 1. The summed E-state index contributed by atoms with van der Waals surface area (Å²) < 4.78 is 0. The zero-order valence-corrected chi connectivity index (χ0v) is 15.9. The molecule has 1 unspecified atom stereocenters. The summed E-state index contributed by atoms with van der Waals surface area (Å²) in [7, 11) is 0. The van der Waals surface area contributed by atoms with Crippen molar-refractivity contribution in [3.05, 3.63) is 51.2 Å². The van der Waals surface area contributed by atoms with Crippen LogP contribution >= 0.6 is 22.9 Å². The summed E-state index contributed by atoms with van der Waals surface area (Å²) in [6, 6.07) is 10.6. The summed E-state index contributed by atoms with van der Waals surface area (Å²) in [5.41, 5.74) is 0.879. The van der Waals surface area contributed by atoms with Crippen molar-refractivity contribution in [3.8, 4) is 6.07 Å². The van der Waals surface area contributed by atoms with Gasteiger partial charge in [0.25, 0.3) is 11.8 Å². The van der Waals surface area contributed by atoms with Crippen LogP contribution in [0.25, 0.3) is 0 Å². The van der Waals surface area contributed by atoms with Crippen molar-refractivity contribution in [3.63, 3.8) is 0 Å². The molecule has 1 aromatic heterocycles. The van der Waals surface area contributed by atoms with E-state index >= 15 is 0 Å². The standard InChI is InChI=1S/C18H19ClN4O2S/c1-2-23(11-17(24)21-10-15-4-3-7-26-15)12-18(25)22-14-6-5-13(9-20)16(19)8-14/h3-8H,2,10-12H2,1H3,(H,21,24)(H,22,25)/p+1. The number of hydrogen-bond donors (Lipinski definition) is 3. The smallest absolute Gasteiger partial charge is 0.279 e. The van der Waals surface area contributed by atoms with Gasteiger partial charge in [-0.2, -0.15) is 5.26 Å². The van der Waals surface area contributed by atoms with Gasteiger partial charge in [0.05, 0.1) is 23.7 Å². The maximum Gasteiger partial charge on any atom is 0.279 e. The van der Waals surface area contributed by atoms with Gasteiger partial charge in [-0.1, -0.05) is 17.7 Å². The first-order valence-corrected chi connectivity index (χ1v) is 9.39. The SMILES string of the molecule is CC[NH+](CC(=O)NCc1cccs1)CC(=O)Nc1ccc(C#N)c(Cl)c1. The molecule has 0 saturated heterocycles. The lowest BCUT2D eigenvalue weighted by molar-refractivity contribution is -0.881. The second kappa shape index (κ2) is 9.92. The van der Waals surface area contributed by atoms with Gasteiger partial charge in [0.15, 0.2) is 13.1 Å². The predicted molar refractivity (Wildman–Crippen MR) is 102 cm³/mol. The highest BCUT2D eigenvalue weighted by Crippen LogP contribution is 2.19. The van der Waals surface area contributed by atoms with E-state index in [2.05, 4.69) is 10.6 Å². The molecule has 6 nitrogen and oxygen atoms in total. The van der Waals surface area contributed by atoms with E-state index in [0.717, 1.165) is 9.78 Å². The number of anilines is 1. The lowest BCUT2D eigenvalue weighted by atomic mass is 10.2. The third-order valence-corrected chi connectivity index (χ3v) is 4.92. The highest BCUT2D eigenvalue weighted by molar-refractivity contribution is 7.09. The number of likely N-dealkylation sites (N-methyl/N-ethyl adjacent to an activating group) is 1. The minimum atomic E-state index is -0.214. The van der Waals surface area contributed by atoms with Gasteiger partial charge in [0.2, 0.25) is 0 Å². The van der Waals surface area contributed by atoms with Gasteiger partial charge in [-0.25, -0.2) is 0 Å². The molecule has 26 heavy (non-hydrogen) atoms. The summed E-state index contributed by atoms with van der Waals surface area (Å²) in [4.78, 5) is 26.2. The molecule has 8 heteroatoms. The van der Waals surface area contributed by atoms with E-state index in [4.69, 9.17) is 16.9 Å². The highest BCUT2D eigenvalue weighted by Gasteiger charge is 2.17. The molecule has 2 rings (SSSR count). The number of halogens is 1. The number of nitrogens with one attached hydrogen (secondary N) is 3. The number of carbonyl (C=O) groups excluding carboxylic acids is 2. The van der Waals surface area contributed by atoms with Crippen molar-refractivity contribution in [1.82, 2.24) is 5.32 Å². The van der Waals surface area contributed by atoms with Gasteiger partial charge in [0, 0.05) is 10.6 Å². The molecule has 0 spiro atoms. The van der Waals surface area contributed by atoms with Crippen LogP contribution in [0.4, 0.5) is 5.69 Å². The first kappa shape index (κ1) is 19.9. The Bertz CT molecular complexity index is 802. The van der Waals surface area contributed by atoms with E-state index in [9.17, 15) is 9.59 Å². The molecule has 1 atom stereocenters. The number of carbonyl (C=O) groups is 2. The van der Waals surface area contributed by atoms with Crippen LogP contribution in [0.3, 0.4) is 0 Å². The molecule has 0 aliphatic heterocycles. The van der Waals surface area contributed by atoms with Crippen molar-refractivity contribution in [2.24, 2.45) is 0 Å². The minimum Gasteiger partial charge on any atom is -0.346 e. The highest BCUT2D eigenvalue weighted by atomic mass is 35.5. The Morgan fingerprint density at radius 3 is 2.65 bits per heavy atom. The Kier molecular flexibility index (Phi) is 7.60. The Labute approximate surface area is 161 Å². The maximum atomic E-state index is 12.2. The number of hydrogen-bond acceptors (Lipinski definition) is 4. The molecule has 0 bridgehead atoms. The molecule has 0 aliphatic rings. The fourth-order valence-electron chi connectivity index (χ4n) is 2.32. The first-order chi connectivity index (χ1) is 12.5. The zero-order valence-electron chi connectivity index (χ0n) is 14.3. The molecule has 0 aliphatic carbocycles. The van der Waals surface area contributed by atoms with Crippen LogP contribution in [0, 0.1) is 11.3 Å². The van der Waals surface area contributed by atoms with Crippen LogP contribution in [-0.4, -0.2) is 31.4 Å². The number of quaternary nitrogens is 1. The van der Waals surface area contributed by atoms with E-state index in [1.807, 2.05) is 30.5 Å². The van der Waals surface area contributed by atoms with Crippen molar-refractivity contribution in [2.45, 2.75) is 13.5 Å². The van der Waals surface area contributed by atoms with Crippen molar-refractivity contribution in [2.75, 3.05) is 25.0 Å². The van der Waals surface area contributed by atoms with Crippen LogP contribution in [0.1, 0.15) is 17.4 Å². The Hall–Kier alpha value is -2.40. The van der Waals surface area contributed by atoms with E-state index in [0.29, 0.717) is 24.3 Å². The Morgan fingerprint density at radius 1 is 1.27 bits per heavy atom. The van der Waals surface area contributed by atoms with E-state index < -0.39 is 0 Å². The molecule has 1 aromatic carbocycles. The second-order valence-corrected chi connectivity index (χ2v) is 7.11. The van der Waals surface area contributed by atoms with Gasteiger partial charge in [-0.3, -0.25) is 9.59 Å². The van der Waals surface area contributed by atoms with Crippen LogP contribution < -0.4 is 15.5 Å². The average Bonchev–Trinajstić information content (AvgIpc) is 3.13. The normalized spacial score (nSPS) is 11.4. The lowest BCUT2D eigenvalue weighted by Crippen LogP contribution is -3.13. The first-order valence-electron chi connectivity index (χ1n) is 8.14. The largest absolute Gasteiger partial charge is 0.346 e. The molecule has 0 saturated carbocycles. The van der Waals surface area contributed by atoms with Gasteiger partial charge in [-0.15, -0.1) is 11.3 Å². The maximum absolute atomic E-state index is 12.2. The molecule has 0 radical (unpaired) electrons. The third kappa shape index (κ3) is 6.15. The number of rotatable bonds is 8. The van der Waals surface area contributed by atoms with Crippen molar-refractivity contribution < 1.29 is 14.5 Å². The van der Waals surface area contributed by atoms with E-state index in [1.54, 1.807) is 23.5 Å². The fraction of sp³-hybridized carbons (Fsp3) is 0.278. The molecule has 136 valence electrons. The lowest BCUT2D eigenvalue weighted by Gasteiger charge is -2.17. The van der Waals surface area contributed by atoms with Crippen LogP contribution in [0.15, 0.2) is 35.7 Å². The van der Waals surface area contributed by atoms with Gasteiger partial charge < -0.3 is 15.5 Å². The zero-order chi connectivity index (χ0) is 18.9. The Morgan fingerprint density at radius 2 is 2.04 bits per heavy atom. The van der Waals surface area contributed by atoms with Crippen LogP contribution in [-0.2, 0) is 16.1 Å². The predicted octanol–water partition coefficient (Wildman–Crippen LogP) is 1.43. The molecule has 2 aromatic rings. The quantitative estimate of drug-likeness (QED) is 0.636. The third-order valence-electron chi connectivity index (χ3n) is 3.73. The van der Waals surface area contributed by atoms with E-state index in [-0.39, 0.29) is 29.9 Å². The van der Waals surface area contributed by atoms with Crippen LogP contribution in [0.2, 0.25) is 5.02 Å². The molecule has 0 fully saturated rings. The van der Waals surface area contributed by atoms with Gasteiger partial charge >= 0.3 is 0 Å². The second-order valence-electron chi connectivity index (χ2n) is 5.67. The molecule has 1 heterocycles. The van der Waals surface area contributed by atoms with Gasteiger partial charge in [-0.05, 0) is 36.6 Å². The van der Waals surface area contributed by atoms with Gasteiger partial charge in [0.1, 0.15) is 6.07 Å². The Balaban J connectivity index is 1.82. The number of amides is 2.